The third-order valence-electron chi connectivity index (χ3n) is 1.50. The Morgan fingerprint density at radius 3 is 2.67 bits per heavy atom. The third-order valence-corrected chi connectivity index (χ3v) is 1.50. The monoisotopic (exact) mass is 170 g/mol. The van der Waals surface area contributed by atoms with Crippen LogP contribution in [0.1, 0.15) is 13.8 Å². The van der Waals surface area contributed by atoms with Crippen molar-refractivity contribution in [1.82, 2.24) is 5.01 Å². The second kappa shape index (κ2) is 5.35. The summed E-state index contributed by atoms with van der Waals surface area (Å²) >= 11 is 0. The molecule has 0 atom stereocenters. The maximum atomic E-state index is 10.8. The molecule has 0 aliphatic rings. The van der Waals surface area contributed by atoms with E-state index in [0.717, 1.165) is 5.70 Å². The number of methoxy groups -OCH3 is 1. The summed E-state index contributed by atoms with van der Waals surface area (Å²) < 4.78 is 4.48. The fraction of sp³-hybridized carbons (Fsp3) is 0.500. The van der Waals surface area contributed by atoms with Gasteiger partial charge in [0.15, 0.2) is 0 Å². The molecule has 12 heavy (non-hydrogen) atoms. The van der Waals surface area contributed by atoms with Gasteiger partial charge >= 0.3 is 5.97 Å². The SMILES string of the molecule is C=NN(CC(=O)OC)/C(C)=C\C. The number of carbonyl (C=O) groups is 1. The van der Waals surface area contributed by atoms with Crippen LogP contribution in [0, 0.1) is 0 Å². The third kappa shape index (κ3) is 3.18. The fourth-order valence-corrected chi connectivity index (χ4v) is 0.622. The van der Waals surface area contributed by atoms with E-state index in [4.69, 9.17) is 0 Å². The van der Waals surface area contributed by atoms with Crippen molar-refractivity contribution in [3.05, 3.63) is 11.8 Å². The number of carbonyl (C=O) groups excluding carboxylic acids is 1. The largest absolute Gasteiger partial charge is 0.468 e. The molecule has 0 radical (unpaired) electrons. The van der Waals surface area contributed by atoms with Crippen LogP contribution in [0.3, 0.4) is 0 Å². The van der Waals surface area contributed by atoms with Crippen LogP contribution in [0.4, 0.5) is 0 Å². The average molecular weight is 170 g/mol. The molecule has 0 saturated heterocycles. The molecule has 0 spiro atoms. The van der Waals surface area contributed by atoms with Crippen molar-refractivity contribution < 1.29 is 9.53 Å². The molecular weight excluding hydrogens is 156 g/mol. The first-order chi connectivity index (χ1) is 5.65. The molecule has 68 valence electrons. The maximum Gasteiger partial charge on any atom is 0.327 e. The van der Waals surface area contributed by atoms with Crippen molar-refractivity contribution in [2.75, 3.05) is 13.7 Å². The molecule has 0 aromatic rings. The number of ether oxygens (including phenoxy) is 1. The van der Waals surface area contributed by atoms with Crippen LogP contribution in [0.25, 0.3) is 0 Å². The van der Waals surface area contributed by atoms with E-state index in [2.05, 4.69) is 16.6 Å². The van der Waals surface area contributed by atoms with Crippen LogP contribution in [0.2, 0.25) is 0 Å². The number of allylic oxidation sites excluding steroid dienone is 2. The molecule has 0 amide bonds. The highest BCUT2D eigenvalue weighted by Gasteiger charge is 2.07. The Hall–Kier alpha value is -1.32. The van der Waals surface area contributed by atoms with E-state index in [0.29, 0.717) is 0 Å². The standard InChI is InChI=1S/C8H14N2O2/c1-5-7(2)10(9-3)6-8(11)12-4/h5H,3,6H2,1-2,4H3/b7-5-. The van der Waals surface area contributed by atoms with Gasteiger partial charge in [0.1, 0.15) is 6.54 Å². The lowest BCUT2D eigenvalue weighted by Gasteiger charge is -2.16. The van der Waals surface area contributed by atoms with Crippen LogP contribution < -0.4 is 0 Å². The Kier molecular flexibility index (Phi) is 4.76. The Morgan fingerprint density at radius 1 is 1.75 bits per heavy atom. The molecule has 0 heterocycles. The minimum absolute atomic E-state index is 0.107. The van der Waals surface area contributed by atoms with Crippen LogP contribution in [0.15, 0.2) is 16.9 Å². The molecule has 0 aliphatic carbocycles. The van der Waals surface area contributed by atoms with Gasteiger partial charge in [-0.3, -0.25) is 9.80 Å². The summed E-state index contributed by atoms with van der Waals surface area (Å²) in [6.07, 6.45) is 1.84. The molecule has 0 fully saturated rings. The first-order valence-corrected chi connectivity index (χ1v) is 3.59. The quantitative estimate of drug-likeness (QED) is 0.359. The summed E-state index contributed by atoms with van der Waals surface area (Å²) in [4.78, 5) is 10.8. The number of hydrogen-bond donors (Lipinski definition) is 0. The van der Waals surface area contributed by atoms with Crippen LogP contribution in [-0.4, -0.2) is 31.4 Å². The minimum atomic E-state index is -0.330. The molecule has 0 aromatic heterocycles. The Bertz CT molecular complexity index is 199. The lowest BCUT2D eigenvalue weighted by molar-refractivity contribution is -0.141. The topological polar surface area (TPSA) is 41.9 Å². The zero-order valence-corrected chi connectivity index (χ0v) is 7.70. The molecular formula is C8H14N2O2. The molecule has 0 aromatic carbocycles. The van der Waals surface area contributed by atoms with Crippen molar-refractivity contribution >= 4 is 12.7 Å². The summed E-state index contributed by atoms with van der Waals surface area (Å²) in [5.74, 6) is -0.330. The van der Waals surface area contributed by atoms with Gasteiger partial charge < -0.3 is 4.74 Å². The van der Waals surface area contributed by atoms with Crippen LogP contribution in [-0.2, 0) is 9.53 Å². The van der Waals surface area contributed by atoms with Crippen LogP contribution >= 0.6 is 0 Å². The van der Waals surface area contributed by atoms with Gasteiger partial charge in [-0.1, -0.05) is 6.08 Å². The molecule has 0 rings (SSSR count). The lowest BCUT2D eigenvalue weighted by Crippen LogP contribution is -2.24. The van der Waals surface area contributed by atoms with Crippen molar-refractivity contribution in [1.29, 1.82) is 0 Å². The summed E-state index contributed by atoms with van der Waals surface area (Å²) in [7, 11) is 1.34. The molecule has 0 aliphatic heterocycles. The smallest absolute Gasteiger partial charge is 0.327 e. The average Bonchev–Trinajstić information content (AvgIpc) is 2.12. The summed E-state index contributed by atoms with van der Waals surface area (Å²) in [5.41, 5.74) is 0.871. The predicted octanol–water partition coefficient (Wildman–Crippen LogP) is 1.00. The first-order valence-electron chi connectivity index (χ1n) is 3.59. The highest BCUT2D eigenvalue weighted by molar-refractivity contribution is 5.71. The van der Waals surface area contributed by atoms with E-state index in [1.165, 1.54) is 12.1 Å². The lowest BCUT2D eigenvalue weighted by atomic mass is 10.4. The van der Waals surface area contributed by atoms with E-state index in [1.807, 2.05) is 19.9 Å². The zero-order chi connectivity index (χ0) is 9.56. The maximum absolute atomic E-state index is 10.8. The summed E-state index contributed by atoms with van der Waals surface area (Å²) in [5, 5.41) is 5.14. The Balaban J connectivity index is 4.18. The molecule has 0 N–H and O–H groups in total. The van der Waals surface area contributed by atoms with Crippen LogP contribution in [0.5, 0.6) is 0 Å². The first kappa shape index (κ1) is 10.7. The Morgan fingerprint density at radius 2 is 2.33 bits per heavy atom. The van der Waals surface area contributed by atoms with E-state index in [-0.39, 0.29) is 12.5 Å². The van der Waals surface area contributed by atoms with Crippen molar-refractivity contribution in [2.45, 2.75) is 13.8 Å². The zero-order valence-electron chi connectivity index (χ0n) is 7.70. The number of hydrogen-bond acceptors (Lipinski definition) is 4. The van der Waals surface area contributed by atoms with Gasteiger partial charge in [0, 0.05) is 12.4 Å². The highest BCUT2D eigenvalue weighted by Crippen LogP contribution is 2.02. The molecule has 0 saturated carbocycles. The molecule has 4 nitrogen and oxygen atoms in total. The summed E-state index contributed by atoms with van der Waals surface area (Å²) in [6, 6.07) is 0. The van der Waals surface area contributed by atoms with E-state index in [1.54, 1.807) is 0 Å². The highest BCUT2D eigenvalue weighted by atomic mass is 16.5. The van der Waals surface area contributed by atoms with Gasteiger partial charge in [-0.05, 0) is 13.8 Å². The number of rotatable bonds is 4. The second-order valence-electron chi connectivity index (χ2n) is 2.21. The van der Waals surface area contributed by atoms with E-state index in [9.17, 15) is 4.79 Å². The fourth-order valence-electron chi connectivity index (χ4n) is 0.622. The van der Waals surface area contributed by atoms with E-state index >= 15 is 0 Å². The van der Waals surface area contributed by atoms with Crippen molar-refractivity contribution in [3.63, 3.8) is 0 Å². The van der Waals surface area contributed by atoms with Gasteiger partial charge in [-0.15, -0.1) is 0 Å². The second-order valence-corrected chi connectivity index (χ2v) is 2.21. The van der Waals surface area contributed by atoms with E-state index < -0.39 is 0 Å². The number of nitrogens with zero attached hydrogens (tertiary/aromatic N) is 2. The molecule has 4 heteroatoms. The van der Waals surface area contributed by atoms with Gasteiger partial charge in [0.05, 0.1) is 7.11 Å². The van der Waals surface area contributed by atoms with Crippen molar-refractivity contribution in [2.24, 2.45) is 5.10 Å². The van der Waals surface area contributed by atoms with Crippen molar-refractivity contribution in [3.8, 4) is 0 Å². The minimum Gasteiger partial charge on any atom is -0.468 e. The molecule has 0 unspecified atom stereocenters. The Labute approximate surface area is 72.5 Å². The predicted molar refractivity (Wildman–Crippen MR) is 47.7 cm³/mol. The normalized spacial score (nSPS) is 10.8. The molecule has 0 bridgehead atoms. The van der Waals surface area contributed by atoms with Gasteiger partial charge in [-0.25, -0.2) is 0 Å². The van der Waals surface area contributed by atoms with Gasteiger partial charge in [0.2, 0.25) is 0 Å². The number of hydrazone groups is 1. The van der Waals surface area contributed by atoms with Gasteiger partial charge in [-0.2, -0.15) is 5.10 Å². The van der Waals surface area contributed by atoms with Gasteiger partial charge in [0.25, 0.3) is 0 Å². The number of esters is 1. The summed E-state index contributed by atoms with van der Waals surface area (Å²) in [6.45, 7) is 7.16.